The van der Waals surface area contributed by atoms with Crippen molar-refractivity contribution in [1.82, 2.24) is 20.1 Å². The van der Waals surface area contributed by atoms with Crippen molar-refractivity contribution >= 4 is 41.2 Å². The fraction of sp³-hybridized carbons (Fsp3) is 0.227. The number of nitro groups is 1. The van der Waals surface area contributed by atoms with Gasteiger partial charge in [-0.05, 0) is 17.7 Å². The highest BCUT2D eigenvalue weighted by molar-refractivity contribution is 7.99. The number of piperazine rings is 1. The summed E-state index contributed by atoms with van der Waals surface area (Å²) in [5.41, 5.74) is 1.74. The maximum atomic E-state index is 12.6. The lowest BCUT2D eigenvalue weighted by Crippen LogP contribution is -2.49. The third kappa shape index (κ3) is 5.33. The Bertz CT molecular complexity index is 1110. The number of benzene rings is 2. The van der Waals surface area contributed by atoms with E-state index < -0.39 is 0 Å². The first kappa shape index (κ1) is 21.6. The van der Waals surface area contributed by atoms with Crippen LogP contribution in [0.3, 0.4) is 0 Å². The van der Waals surface area contributed by atoms with E-state index in [0.717, 1.165) is 5.56 Å². The van der Waals surface area contributed by atoms with Crippen LogP contribution < -0.4 is 4.90 Å². The van der Waals surface area contributed by atoms with Crippen LogP contribution in [-0.4, -0.2) is 62.8 Å². The molecule has 1 aliphatic heterocycles. The van der Waals surface area contributed by atoms with Gasteiger partial charge >= 0.3 is 0 Å². The smallest absolute Gasteiger partial charge is 0.292 e. The Morgan fingerprint density at radius 3 is 2.53 bits per heavy atom. The van der Waals surface area contributed by atoms with Crippen molar-refractivity contribution in [3.63, 3.8) is 0 Å². The Morgan fingerprint density at radius 2 is 1.78 bits per heavy atom. The summed E-state index contributed by atoms with van der Waals surface area (Å²) in [7, 11) is 0. The van der Waals surface area contributed by atoms with Gasteiger partial charge in [0.1, 0.15) is 11.5 Å². The molecule has 1 saturated heterocycles. The molecule has 1 N–H and O–H groups in total. The lowest BCUT2D eigenvalue weighted by atomic mass is 10.2. The molecule has 0 bridgehead atoms. The number of nitro benzene ring substituents is 1. The molecular weight excluding hydrogens is 428 g/mol. The van der Waals surface area contributed by atoms with Crippen LogP contribution >= 0.6 is 11.8 Å². The summed E-state index contributed by atoms with van der Waals surface area (Å²) in [6, 6.07) is 16.6. The Hall–Kier alpha value is -3.66. The molecule has 0 saturated carbocycles. The molecular formula is C22H22N6O3S. The Morgan fingerprint density at radius 1 is 1.06 bits per heavy atom. The van der Waals surface area contributed by atoms with E-state index >= 15 is 0 Å². The van der Waals surface area contributed by atoms with Gasteiger partial charge in [-0.1, -0.05) is 60.3 Å². The number of nitrogens with zero attached hydrogens (tertiary/aromatic N) is 5. The number of aromatic nitrogens is 3. The van der Waals surface area contributed by atoms with Crippen LogP contribution in [0.5, 0.6) is 0 Å². The number of nitrogens with one attached hydrogen (secondary N) is 1. The molecule has 0 atom stereocenters. The molecule has 9 nitrogen and oxygen atoms in total. The molecule has 1 aliphatic rings. The number of thioether (sulfide) groups is 1. The monoisotopic (exact) mass is 450 g/mol. The van der Waals surface area contributed by atoms with Gasteiger partial charge in [0.05, 0.1) is 10.7 Å². The van der Waals surface area contributed by atoms with E-state index in [2.05, 4.69) is 15.2 Å². The fourth-order valence-corrected chi connectivity index (χ4v) is 4.15. The summed E-state index contributed by atoms with van der Waals surface area (Å²) < 4.78 is 0. The quantitative estimate of drug-likeness (QED) is 0.334. The number of H-pyrrole nitrogens is 1. The predicted octanol–water partition coefficient (Wildman–Crippen LogP) is 3.32. The highest BCUT2D eigenvalue weighted by Crippen LogP contribution is 2.28. The summed E-state index contributed by atoms with van der Waals surface area (Å²) in [6.45, 7) is 2.14. The number of carbonyl (C=O) groups excluding carboxylic acids is 1. The van der Waals surface area contributed by atoms with Gasteiger partial charge in [0.25, 0.3) is 5.69 Å². The molecule has 4 rings (SSSR count). The highest BCUT2D eigenvalue weighted by atomic mass is 32.2. The molecule has 2 heterocycles. The fourth-order valence-electron chi connectivity index (χ4n) is 3.44. The minimum atomic E-state index is -0.371. The van der Waals surface area contributed by atoms with Crippen molar-refractivity contribution in [2.45, 2.75) is 5.16 Å². The standard InChI is InChI=1S/C22H22N6O3S/c29-21(16-32-22-23-20(24-25-22)11-10-17-6-2-1-3-7-17)27-14-12-26(13-15-27)18-8-4-5-9-19(18)28(30)31/h1-11H,12-16H2,(H,23,24,25)/b11-10+. The minimum Gasteiger partial charge on any atom is -0.362 e. The number of amides is 1. The van der Waals surface area contributed by atoms with Crippen molar-refractivity contribution in [3.8, 4) is 0 Å². The van der Waals surface area contributed by atoms with Gasteiger partial charge < -0.3 is 9.80 Å². The number of carbonyl (C=O) groups is 1. The molecule has 0 radical (unpaired) electrons. The van der Waals surface area contributed by atoms with Crippen molar-refractivity contribution in [3.05, 3.63) is 76.1 Å². The first-order valence-electron chi connectivity index (χ1n) is 10.1. The average Bonchev–Trinajstić information content (AvgIpc) is 3.30. The minimum absolute atomic E-state index is 0.00314. The van der Waals surface area contributed by atoms with Crippen LogP contribution in [0.2, 0.25) is 0 Å². The molecule has 0 spiro atoms. The zero-order valence-corrected chi connectivity index (χ0v) is 18.1. The Balaban J connectivity index is 1.27. The van der Waals surface area contributed by atoms with Gasteiger partial charge in [-0.25, -0.2) is 4.98 Å². The largest absolute Gasteiger partial charge is 0.362 e. The van der Waals surface area contributed by atoms with Gasteiger partial charge in [0.2, 0.25) is 11.1 Å². The molecule has 10 heteroatoms. The van der Waals surface area contributed by atoms with E-state index in [0.29, 0.717) is 42.8 Å². The SMILES string of the molecule is O=C(CSc1n[nH]c(/C=C/c2ccccc2)n1)N1CCN(c2ccccc2[N+](=O)[O-])CC1. The lowest BCUT2D eigenvalue weighted by molar-refractivity contribution is -0.384. The van der Waals surface area contributed by atoms with Gasteiger partial charge in [-0.2, -0.15) is 0 Å². The normalized spacial score (nSPS) is 14.1. The topological polar surface area (TPSA) is 108 Å². The van der Waals surface area contributed by atoms with Crippen LogP contribution in [0.1, 0.15) is 11.4 Å². The average molecular weight is 451 g/mol. The van der Waals surface area contributed by atoms with Crippen molar-refractivity contribution in [2.24, 2.45) is 0 Å². The van der Waals surface area contributed by atoms with Crippen molar-refractivity contribution in [2.75, 3.05) is 36.8 Å². The van der Waals surface area contributed by atoms with E-state index in [4.69, 9.17) is 0 Å². The number of rotatable bonds is 7. The summed E-state index contributed by atoms with van der Waals surface area (Å²) in [5, 5.41) is 18.8. The Labute approximate surface area is 189 Å². The second-order valence-corrected chi connectivity index (χ2v) is 8.09. The Kier molecular flexibility index (Phi) is 6.81. The molecule has 2 aromatic carbocycles. The number of hydrogen-bond donors (Lipinski definition) is 1. The maximum absolute atomic E-state index is 12.6. The van der Waals surface area contributed by atoms with E-state index in [1.165, 1.54) is 17.8 Å². The number of aromatic amines is 1. The lowest BCUT2D eigenvalue weighted by Gasteiger charge is -2.35. The summed E-state index contributed by atoms with van der Waals surface area (Å²) in [4.78, 5) is 31.6. The van der Waals surface area contributed by atoms with E-state index in [-0.39, 0.29) is 22.3 Å². The van der Waals surface area contributed by atoms with Gasteiger partial charge in [-0.3, -0.25) is 20.0 Å². The first-order valence-corrected chi connectivity index (χ1v) is 11.1. The summed E-state index contributed by atoms with van der Waals surface area (Å²) >= 11 is 1.29. The number of para-hydroxylation sites is 2. The third-order valence-electron chi connectivity index (χ3n) is 5.09. The molecule has 0 unspecified atom stereocenters. The van der Waals surface area contributed by atoms with Crippen molar-refractivity contribution in [1.29, 1.82) is 0 Å². The molecule has 32 heavy (non-hydrogen) atoms. The van der Waals surface area contributed by atoms with E-state index in [1.807, 2.05) is 47.4 Å². The van der Waals surface area contributed by atoms with Crippen LogP contribution in [0.25, 0.3) is 12.2 Å². The van der Waals surface area contributed by atoms with Gasteiger partial charge in [0.15, 0.2) is 0 Å². The number of hydrogen-bond acceptors (Lipinski definition) is 7. The molecule has 0 aliphatic carbocycles. The maximum Gasteiger partial charge on any atom is 0.292 e. The zero-order valence-electron chi connectivity index (χ0n) is 17.3. The summed E-state index contributed by atoms with van der Waals surface area (Å²) in [6.07, 6.45) is 3.78. The molecule has 1 amide bonds. The zero-order chi connectivity index (χ0) is 22.3. The molecule has 1 aromatic heterocycles. The second-order valence-electron chi connectivity index (χ2n) is 7.15. The summed E-state index contributed by atoms with van der Waals surface area (Å²) in [5.74, 6) is 0.871. The van der Waals surface area contributed by atoms with Crippen LogP contribution in [-0.2, 0) is 4.79 Å². The third-order valence-corrected chi connectivity index (χ3v) is 5.92. The van der Waals surface area contributed by atoms with Crippen LogP contribution in [0.4, 0.5) is 11.4 Å². The van der Waals surface area contributed by atoms with Crippen LogP contribution in [0, 0.1) is 10.1 Å². The van der Waals surface area contributed by atoms with Gasteiger partial charge in [0, 0.05) is 32.2 Å². The highest BCUT2D eigenvalue weighted by Gasteiger charge is 2.25. The second kappa shape index (κ2) is 10.1. The number of anilines is 1. The molecule has 164 valence electrons. The van der Waals surface area contributed by atoms with Crippen molar-refractivity contribution < 1.29 is 9.72 Å². The molecule has 1 fully saturated rings. The first-order chi connectivity index (χ1) is 15.6. The van der Waals surface area contributed by atoms with Gasteiger partial charge in [-0.15, -0.1) is 5.10 Å². The molecule has 3 aromatic rings. The predicted molar refractivity (Wildman–Crippen MR) is 124 cm³/mol. The van der Waals surface area contributed by atoms with Crippen LogP contribution in [0.15, 0.2) is 59.8 Å². The van der Waals surface area contributed by atoms with E-state index in [1.54, 1.807) is 23.1 Å². The van der Waals surface area contributed by atoms with E-state index in [9.17, 15) is 14.9 Å².